The van der Waals surface area contributed by atoms with Crippen LogP contribution in [0.4, 0.5) is 11.4 Å². The molecule has 2 aromatic rings. The normalized spacial score (nSPS) is 11.3. The minimum absolute atomic E-state index is 0.166. The van der Waals surface area contributed by atoms with E-state index < -0.39 is 10.0 Å². The second kappa shape index (κ2) is 6.45. The van der Waals surface area contributed by atoms with Gasteiger partial charge >= 0.3 is 0 Å². The number of pyridine rings is 1. The lowest BCUT2D eigenvalue weighted by Crippen LogP contribution is -2.20. The molecule has 7 heteroatoms. The molecular weight excluding hydrogens is 314 g/mol. The van der Waals surface area contributed by atoms with E-state index in [-0.39, 0.29) is 10.5 Å². The van der Waals surface area contributed by atoms with E-state index in [1.807, 2.05) is 32.8 Å². The second-order valence-electron chi connectivity index (χ2n) is 5.49. The predicted octanol–water partition coefficient (Wildman–Crippen LogP) is 2.04. The van der Waals surface area contributed by atoms with E-state index in [2.05, 4.69) is 4.72 Å². The van der Waals surface area contributed by atoms with Crippen LogP contribution in [0.15, 0.2) is 46.2 Å². The van der Waals surface area contributed by atoms with Crippen LogP contribution in [0.3, 0.4) is 0 Å². The summed E-state index contributed by atoms with van der Waals surface area (Å²) in [5, 5.41) is 0. The first-order valence-electron chi connectivity index (χ1n) is 7.26. The summed E-state index contributed by atoms with van der Waals surface area (Å²) >= 11 is 0. The van der Waals surface area contributed by atoms with Gasteiger partial charge in [0.05, 0.1) is 10.6 Å². The molecule has 0 fully saturated rings. The molecule has 0 saturated heterocycles. The van der Waals surface area contributed by atoms with Gasteiger partial charge in [-0.3, -0.25) is 9.52 Å². The summed E-state index contributed by atoms with van der Waals surface area (Å²) in [6.07, 6.45) is 1.50. The Morgan fingerprint density at radius 1 is 1.17 bits per heavy atom. The lowest BCUT2D eigenvalue weighted by molar-refractivity contribution is 0.601. The van der Waals surface area contributed by atoms with Crippen molar-refractivity contribution < 1.29 is 8.42 Å². The molecule has 0 aliphatic rings. The highest BCUT2D eigenvalue weighted by atomic mass is 32.2. The van der Waals surface area contributed by atoms with Crippen LogP contribution < -0.4 is 15.2 Å². The van der Waals surface area contributed by atoms with Crippen molar-refractivity contribution in [2.75, 3.05) is 23.7 Å². The molecule has 1 N–H and O–H groups in total. The van der Waals surface area contributed by atoms with Crippen LogP contribution in [0, 0.1) is 6.92 Å². The zero-order chi connectivity index (χ0) is 17.2. The van der Waals surface area contributed by atoms with Gasteiger partial charge in [0, 0.05) is 38.6 Å². The van der Waals surface area contributed by atoms with E-state index >= 15 is 0 Å². The summed E-state index contributed by atoms with van der Waals surface area (Å²) in [7, 11) is 0.0128. The zero-order valence-corrected chi connectivity index (χ0v) is 14.5. The number of rotatable bonds is 5. The number of aryl methyl sites for hydroxylation is 2. The number of hydrogen-bond acceptors (Lipinski definition) is 4. The van der Waals surface area contributed by atoms with Gasteiger partial charge in [0.25, 0.3) is 15.6 Å². The summed E-state index contributed by atoms with van der Waals surface area (Å²) in [5.74, 6) is 0. The molecular formula is C16H21N3O3S. The molecule has 0 unspecified atom stereocenters. The maximum Gasteiger partial charge on any atom is 0.262 e. The van der Waals surface area contributed by atoms with Crippen LogP contribution in [0.2, 0.25) is 0 Å². The SMILES string of the molecule is CCn1cc(NS(=O)(=O)c2ccc(C)c(N(C)C)c2)ccc1=O. The summed E-state index contributed by atoms with van der Waals surface area (Å²) in [5.41, 5.74) is 2.03. The fraction of sp³-hybridized carbons (Fsp3) is 0.312. The number of anilines is 2. The number of aromatic nitrogens is 1. The van der Waals surface area contributed by atoms with Gasteiger partial charge in [-0.1, -0.05) is 6.07 Å². The van der Waals surface area contributed by atoms with Crippen molar-refractivity contribution in [1.82, 2.24) is 4.57 Å². The molecule has 23 heavy (non-hydrogen) atoms. The van der Waals surface area contributed by atoms with E-state index in [9.17, 15) is 13.2 Å². The van der Waals surface area contributed by atoms with Gasteiger partial charge in [0.2, 0.25) is 0 Å². The Morgan fingerprint density at radius 2 is 1.87 bits per heavy atom. The number of benzene rings is 1. The van der Waals surface area contributed by atoms with Gasteiger partial charge in [-0.25, -0.2) is 8.42 Å². The van der Waals surface area contributed by atoms with E-state index in [1.165, 1.54) is 22.9 Å². The molecule has 1 aromatic carbocycles. The van der Waals surface area contributed by atoms with Crippen LogP contribution in [-0.2, 0) is 16.6 Å². The lowest BCUT2D eigenvalue weighted by atomic mass is 10.2. The van der Waals surface area contributed by atoms with Crippen molar-refractivity contribution in [2.24, 2.45) is 0 Å². The largest absolute Gasteiger partial charge is 0.377 e. The maximum absolute atomic E-state index is 12.6. The van der Waals surface area contributed by atoms with E-state index in [4.69, 9.17) is 0 Å². The van der Waals surface area contributed by atoms with Crippen LogP contribution >= 0.6 is 0 Å². The molecule has 0 aliphatic carbocycles. The molecule has 124 valence electrons. The van der Waals surface area contributed by atoms with Crippen molar-refractivity contribution in [1.29, 1.82) is 0 Å². The lowest BCUT2D eigenvalue weighted by Gasteiger charge is -2.17. The Balaban J connectivity index is 2.39. The fourth-order valence-corrected chi connectivity index (χ4v) is 3.35. The van der Waals surface area contributed by atoms with Crippen LogP contribution in [0.1, 0.15) is 12.5 Å². The third kappa shape index (κ3) is 3.73. The molecule has 0 bridgehead atoms. The molecule has 0 spiro atoms. The minimum atomic E-state index is -3.72. The van der Waals surface area contributed by atoms with Crippen molar-refractivity contribution in [2.45, 2.75) is 25.3 Å². The molecule has 0 amide bonds. The molecule has 0 aliphatic heterocycles. The summed E-state index contributed by atoms with van der Waals surface area (Å²) in [6.45, 7) is 4.23. The van der Waals surface area contributed by atoms with Crippen molar-refractivity contribution in [3.8, 4) is 0 Å². The first-order valence-corrected chi connectivity index (χ1v) is 8.74. The highest BCUT2D eigenvalue weighted by Gasteiger charge is 2.16. The van der Waals surface area contributed by atoms with Gasteiger partial charge in [-0.05, 0) is 37.6 Å². The maximum atomic E-state index is 12.6. The van der Waals surface area contributed by atoms with Gasteiger partial charge in [-0.2, -0.15) is 0 Å². The van der Waals surface area contributed by atoms with Crippen LogP contribution in [0.25, 0.3) is 0 Å². The Bertz CT molecular complexity index is 870. The van der Waals surface area contributed by atoms with Gasteiger partial charge in [-0.15, -0.1) is 0 Å². The number of nitrogens with one attached hydrogen (secondary N) is 1. The molecule has 0 saturated carbocycles. The Hall–Kier alpha value is -2.28. The van der Waals surface area contributed by atoms with Gasteiger partial charge in [0.15, 0.2) is 0 Å². The predicted molar refractivity (Wildman–Crippen MR) is 92.7 cm³/mol. The number of hydrogen-bond donors (Lipinski definition) is 1. The Morgan fingerprint density at radius 3 is 2.48 bits per heavy atom. The Labute approximate surface area is 136 Å². The fourth-order valence-electron chi connectivity index (χ4n) is 2.29. The molecule has 6 nitrogen and oxygen atoms in total. The van der Waals surface area contributed by atoms with Crippen LogP contribution in [0.5, 0.6) is 0 Å². The summed E-state index contributed by atoms with van der Waals surface area (Å²) in [4.78, 5) is 13.6. The van der Waals surface area contributed by atoms with E-state index in [1.54, 1.807) is 18.2 Å². The first-order chi connectivity index (χ1) is 10.7. The summed E-state index contributed by atoms with van der Waals surface area (Å²) < 4.78 is 29.1. The number of nitrogens with zero attached hydrogens (tertiary/aromatic N) is 2. The average Bonchev–Trinajstić information content (AvgIpc) is 2.48. The summed E-state index contributed by atoms with van der Waals surface area (Å²) in [6, 6.07) is 7.79. The third-order valence-corrected chi connectivity index (χ3v) is 4.93. The van der Waals surface area contributed by atoms with Crippen molar-refractivity contribution in [3.05, 3.63) is 52.4 Å². The number of sulfonamides is 1. The monoisotopic (exact) mass is 335 g/mol. The van der Waals surface area contributed by atoms with E-state index in [0.717, 1.165) is 11.3 Å². The molecule has 0 radical (unpaired) electrons. The third-order valence-electron chi connectivity index (χ3n) is 3.55. The second-order valence-corrected chi connectivity index (χ2v) is 7.17. The molecule has 0 atom stereocenters. The average molecular weight is 335 g/mol. The smallest absolute Gasteiger partial charge is 0.262 e. The first kappa shape index (κ1) is 17.1. The highest BCUT2D eigenvalue weighted by molar-refractivity contribution is 7.92. The molecule has 1 aromatic heterocycles. The zero-order valence-electron chi connectivity index (χ0n) is 13.7. The van der Waals surface area contributed by atoms with Crippen LogP contribution in [-0.4, -0.2) is 27.1 Å². The molecule has 2 rings (SSSR count). The minimum Gasteiger partial charge on any atom is -0.377 e. The standard InChI is InChI=1S/C16H21N3O3S/c1-5-19-11-13(7-9-16(19)20)17-23(21,22)14-8-6-12(2)15(10-14)18(3)4/h6-11,17H,5H2,1-4H3. The van der Waals surface area contributed by atoms with E-state index in [0.29, 0.717) is 12.2 Å². The highest BCUT2D eigenvalue weighted by Crippen LogP contribution is 2.23. The molecule has 1 heterocycles. The van der Waals surface area contributed by atoms with Crippen molar-refractivity contribution >= 4 is 21.4 Å². The van der Waals surface area contributed by atoms with Crippen molar-refractivity contribution in [3.63, 3.8) is 0 Å². The van der Waals surface area contributed by atoms with Gasteiger partial charge < -0.3 is 9.47 Å². The topological polar surface area (TPSA) is 71.4 Å². The van der Waals surface area contributed by atoms with Gasteiger partial charge in [0.1, 0.15) is 0 Å². The quantitative estimate of drug-likeness (QED) is 0.908. The Kier molecular flexibility index (Phi) is 4.79.